The van der Waals surface area contributed by atoms with Gasteiger partial charge >= 0.3 is 5.69 Å². The minimum Gasteiger partial charge on any atom is -0.502 e. The number of nitriles is 2. The van der Waals surface area contributed by atoms with E-state index in [9.17, 15) is 15.2 Å². The monoisotopic (exact) mass is 271 g/mol. The normalized spacial score (nSPS) is 10.2. The molecule has 1 rings (SSSR count). The first-order valence-electron chi connectivity index (χ1n) is 5.74. The number of nitro benzene ring substituents is 1. The number of nitrogens with zero attached hydrogens (tertiary/aromatic N) is 3. The van der Waals surface area contributed by atoms with Crippen molar-refractivity contribution < 1.29 is 10.0 Å². The molecule has 0 aromatic heterocycles. The largest absolute Gasteiger partial charge is 0.502 e. The highest BCUT2D eigenvalue weighted by Gasteiger charge is 2.23. The Morgan fingerprint density at radius 3 is 2.30 bits per heavy atom. The van der Waals surface area contributed by atoms with Crippen LogP contribution in [0.2, 0.25) is 0 Å². The molecule has 0 unspecified atom stereocenters. The summed E-state index contributed by atoms with van der Waals surface area (Å²) >= 11 is 0. The van der Waals surface area contributed by atoms with Crippen LogP contribution in [-0.2, 0) is 5.41 Å². The summed E-state index contributed by atoms with van der Waals surface area (Å²) in [5.41, 5.74) is -0.342. The number of rotatable bonds is 2. The third kappa shape index (κ3) is 3.12. The number of phenolic OH excluding ortho intramolecular Hbond substituents is 1. The number of hydrogen-bond donors (Lipinski definition) is 1. The zero-order valence-corrected chi connectivity index (χ0v) is 11.3. The molecule has 1 aromatic rings. The van der Waals surface area contributed by atoms with Crippen LogP contribution in [0, 0.1) is 32.8 Å². The smallest absolute Gasteiger partial charge is 0.311 e. The number of hydrogen-bond acceptors (Lipinski definition) is 5. The van der Waals surface area contributed by atoms with E-state index in [1.807, 2.05) is 20.8 Å². The van der Waals surface area contributed by atoms with Gasteiger partial charge in [0.25, 0.3) is 0 Å². The molecule has 1 aromatic carbocycles. The predicted molar refractivity (Wildman–Crippen MR) is 72.7 cm³/mol. The van der Waals surface area contributed by atoms with Crippen molar-refractivity contribution >= 4 is 11.8 Å². The molecule has 102 valence electrons. The van der Waals surface area contributed by atoms with Crippen LogP contribution in [0.4, 0.5) is 5.69 Å². The Bertz CT molecular complexity index is 655. The molecule has 6 heteroatoms. The lowest BCUT2D eigenvalue weighted by Gasteiger charge is -2.19. The first-order chi connectivity index (χ1) is 9.20. The fourth-order valence-electron chi connectivity index (χ4n) is 1.57. The molecule has 0 saturated heterocycles. The van der Waals surface area contributed by atoms with Gasteiger partial charge < -0.3 is 5.11 Å². The van der Waals surface area contributed by atoms with Gasteiger partial charge in [-0.2, -0.15) is 10.5 Å². The Balaban J connectivity index is 3.65. The third-order valence-electron chi connectivity index (χ3n) is 2.72. The molecule has 1 N–H and O–H groups in total. The highest BCUT2D eigenvalue weighted by atomic mass is 16.6. The van der Waals surface area contributed by atoms with E-state index in [0.717, 1.165) is 6.08 Å². The van der Waals surface area contributed by atoms with Crippen molar-refractivity contribution in [2.75, 3.05) is 0 Å². The predicted octanol–water partition coefficient (Wildman–Crippen LogP) is 3.03. The number of allylic oxidation sites excluding steroid dienone is 1. The molecule has 0 bridgehead atoms. The van der Waals surface area contributed by atoms with Crippen LogP contribution in [0.15, 0.2) is 17.7 Å². The first-order valence-corrected chi connectivity index (χ1v) is 5.74. The van der Waals surface area contributed by atoms with Gasteiger partial charge in [-0.3, -0.25) is 10.1 Å². The molecule has 0 aliphatic carbocycles. The van der Waals surface area contributed by atoms with E-state index in [1.165, 1.54) is 12.1 Å². The number of aromatic hydroxyl groups is 1. The molecule has 20 heavy (non-hydrogen) atoms. The van der Waals surface area contributed by atoms with Crippen molar-refractivity contribution in [2.24, 2.45) is 0 Å². The molecule has 0 saturated carbocycles. The lowest BCUT2D eigenvalue weighted by Crippen LogP contribution is -2.11. The summed E-state index contributed by atoms with van der Waals surface area (Å²) in [6.45, 7) is 5.60. The van der Waals surface area contributed by atoms with Crippen molar-refractivity contribution in [1.29, 1.82) is 10.5 Å². The highest BCUT2D eigenvalue weighted by molar-refractivity contribution is 5.71. The van der Waals surface area contributed by atoms with Gasteiger partial charge in [0.2, 0.25) is 5.75 Å². The van der Waals surface area contributed by atoms with E-state index in [-0.39, 0.29) is 16.6 Å². The van der Waals surface area contributed by atoms with Gasteiger partial charge in [-0.15, -0.1) is 0 Å². The van der Waals surface area contributed by atoms with Crippen molar-refractivity contribution in [2.45, 2.75) is 26.2 Å². The van der Waals surface area contributed by atoms with Crippen LogP contribution in [0.5, 0.6) is 5.75 Å². The fraction of sp³-hybridized carbons (Fsp3) is 0.286. The van der Waals surface area contributed by atoms with Gasteiger partial charge in [0.05, 0.1) is 4.92 Å². The number of phenols is 1. The summed E-state index contributed by atoms with van der Waals surface area (Å²) in [6.07, 6.45) is 1.14. The maximum absolute atomic E-state index is 11.0. The number of nitro groups is 1. The van der Waals surface area contributed by atoms with Gasteiger partial charge in [-0.25, -0.2) is 0 Å². The summed E-state index contributed by atoms with van der Waals surface area (Å²) in [6, 6.07) is 6.14. The summed E-state index contributed by atoms with van der Waals surface area (Å²) in [5, 5.41) is 38.3. The zero-order chi connectivity index (χ0) is 15.5. The molecule has 6 nitrogen and oxygen atoms in total. The van der Waals surface area contributed by atoms with Crippen molar-refractivity contribution in [3.8, 4) is 17.9 Å². The van der Waals surface area contributed by atoms with Crippen molar-refractivity contribution in [3.05, 3.63) is 38.9 Å². The average Bonchev–Trinajstić information content (AvgIpc) is 2.35. The third-order valence-corrected chi connectivity index (χ3v) is 2.72. The van der Waals surface area contributed by atoms with Crippen molar-refractivity contribution in [3.63, 3.8) is 0 Å². The second kappa shape index (κ2) is 5.41. The van der Waals surface area contributed by atoms with Crippen LogP contribution in [0.25, 0.3) is 6.08 Å². The molecule has 0 heterocycles. The Kier molecular flexibility index (Phi) is 4.11. The standard InChI is InChI=1S/C14H13N3O3/c1-14(2,3)11-5-10(4-9(7-15)8-16)13(18)12(6-11)17(19)20/h4-6,18H,1-3H3. The molecule has 0 aliphatic heterocycles. The van der Waals surface area contributed by atoms with Gasteiger partial charge in [-0.05, 0) is 23.1 Å². The topological polar surface area (TPSA) is 111 Å². The van der Waals surface area contributed by atoms with Gasteiger partial charge in [0, 0.05) is 11.6 Å². The van der Waals surface area contributed by atoms with E-state index < -0.39 is 16.4 Å². The maximum atomic E-state index is 11.0. The van der Waals surface area contributed by atoms with Crippen LogP contribution in [-0.4, -0.2) is 10.0 Å². The molecular weight excluding hydrogens is 258 g/mol. The molecule has 0 aliphatic rings. The average molecular weight is 271 g/mol. The Morgan fingerprint density at radius 2 is 1.90 bits per heavy atom. The van der Waals surface area contributed by atoms with E-state index in [4.69, 9.17) is 10.5 Å². The molecular formula is C14H13N3O3. The Labute approximate surface area is 116 Å². The maximum Gasteiger partial charge on any atom is 0.311 e. The molecule has 0 fully saturated rings. The minimum absolute atomic E-state index is 0.0854. The lowest BCUT2D eigenvalue weighted by molar-refractivity contribution is -0.386. The summed E-state index contributed by atoms with van der Waals surface area (Å²) in [4.78, 5) is 10.3. The molecule has 0 amide bonds. The van der Waals surface area contributed by atoms with E-state index in [0.29, 0.717) is 5.56 Å². The fourth-order valence-corrected chi connectivity index (χ4v) is 1.57. The first kappa shape index (κ1) is 15.2. The van der Waals surface area contributed by atoms with Gasteiger partial charge in [0.15, 0.2) is 0 Å². The Hall–Kier alpha value is -2.86. The minimum atomic E-state index is -0.694. The molecule has 0 atom stereocenters. The van der Waals surface area contributed by atoms with Crippen molar-refractivity contribution in [1.82, 2.24) is 0 Å². The zero-order valence-electron chi connectivity index (χ0n) is 11.3. The van der Waals surface area contributed by atoms with E-state index in [2.05, 4.69) is 0 Å². The quantitative estimate of drug-likeness (QED) is 0.504. The summed E-state index contributed by atoms with van der Waals surface area (Å²) in [5.74, 6) is -0.550. The second-order valence-corrected chi connectivity index (χ2v) is 5.22. The SMILES string of the molecule is CC(C)(C)c1cc(C=C(C#N)C#N)c(O)c([N+](=O)[O-])c1. The van der Waals surface area contributed by atoms with Gasteiger partial charge in [0.1, 0.15) is 17.7 Å². The molecule has 0 radical (unpaired) electrons. The van der Waals surface area contributed by atoms with Crippen LogP contribution in [0.3, 0.4) is 0 Å². The lowest BCUT2D eigenvalue weighted by atomic mass is 9.85. The van der Waals surface area contributed by atoms with Crippen LogP contribution >= 0.6 is 0 Å². The van der Waals surface area contributed by atoms with E-state index >= 15 is 0 Å². The summed E-state index contributed by atoms with van der Waals surface area (Å²) in [7, 11) is 0. The molecule has 0 spiro atoms. The number of benzene rings is 1. The van der Waals surface area contributed by atoms with Crippen LogP contribution < -0.4 is 0 Å². The second-order valence-electron chi connectivity index (χ2n) is 5.22. The van der Waals surface area contributed by atoms with Crippen LogP contribution in [0.1, 0.15) is 31.9 Å². The highest BCUT2D eigenvalue weighted by Crippen LogP contribution is 2.36. The van der Waals surface area contributed by atoms with Gasteiger partial charge in [-0.1, -0.05) is 20.8 Å². The van der Waals surface area contributed by atoms with E-state index in [1.54, 1.807) is 12.1 Å². The Morgan fingerprint density at radius 1 is 1.35 bits per heavy atom. The summed E-state index contributed by atoms with van der Waals surface area (Å²) < 4.78 is 0.